The standard InChI is InChI=1S/C27H30Cl2N4O6/c28-25-26(29)33(16-31-25)14-21-12-22(19-8-6-18(15-34)7-9-19)39-27(38-21)20-10-4-17(5-11-20)13-30-23(35)2-1-3-24(36)32-37/h4-11,16,21-22,27,34,37H,1-3,12-15H2,(H,30,35)(H,32,36)/t21-,22+,27+/m0/s1. The molecule has 0 radical (unpaired) electrons. The number of benzene rings is 2. The minimum absolute atomic E-state index is 0.0340. The number of imidazole rings is 1. The number of hydrogen-bond acceptors (Lipinski definition) is 7. The van der Waals surface area contributed by atoms with Gasteiger partial charge < -0.3 is 24.5 Å². The predicted octanol–water partition coefficient (Wildman–Crippen LogP) is 4.22. The molecule has 2 heterocycles. The van der Waals surface area contributed by atoms with Crippen LogP contribution in [0, 0.1) is 0 Å². The number of halogens is 2. The highest BCUT2D eigenvalue weighted by Gasteiger charge is 2.32. The number of amides is 2. The molecular formula is C27H30Cl2N4O6. The van der Waals surface area contributed by atoms with Crippen molar-refractivity contribution in [3.05, 3.63) is 87.4 Å². The topological polar surface area (TPSA) is 135 Å². The van der Waals surface area contributed by atoms with E-state index in [0.29, 0.717) is 31.1 Å². The van der Waals surface area contributed by atoms with Crippen molar-refractivity contribution in [2.45, 2.75) is 63.9 Å². The Morgan fingerprint density at radius 3 is 2.28 bits per heavy atom. The van der Waals surface area contributed by atoms with Crippen LogP contribution in [0.1, 0.15) is 60.3 Å². The Morgan fingerprint density at radius 1 is 0.974 bits per heavy atom. The van der Waals surface area contributed by atoms with E-state index in [-0.39, 0.29) is 42.7 Å². The average Bonchev–Trinajstić information content (AvgIpc) is 3.28. The normalized spacial score (nSPS) is 19.0. The fourth-order valence-corrected chi connectivity index (χ4v) is 4.58. The van der Waals surface area contributed by atoms with Crippen LogP contribution in [-0.4, -0.2) is 37.8 Å². The zero-order chi connectivity index (χ0) is 27.8. The molecule has 10 nitrogen and oxygen atoms in total. The first kappa shape index (κ1) is 29.0. The van der Waals surface area contributed by atoms with Gasteiger partial charge in [0, 0.05) is 31.4 Å². The fourth-order valence-electron chi connectivity index (χ4n) is 4.27. The maximum Gasteiger partial charge on any atom is 0.243 e. The number of hydrogen-bond donors (Lipinski definition) is 4. The molecule has 1 fully saturated rings. The summed E-state index contributed by atoms with van der Waals surface area (Å²) in [5.74, 6) is -0.700. The van der Waals surface area contributed by atoms with Gasteiger partial charge in [0.25, 0.3) is 0 Å². The van der Waals surface area contributed by atoms with Crippen LogP contribution in [0.4, 0.5) is 0 Å². The highest BCUT2D eigenvalue weighted by molar-refractivity contribution is 6.40. The van der Waals surface area contributed by atoms with E-state index in [9.17, 15) is 14.7 Å². The third-order valence-corrected chi connectivity index (χ3v) is 7.19. The van der Waals surface area contributed by atoms with Gasteiger partial charge in [0.05, 0.1) is 31.7 Å². The number of ether oxygens (including phenoxy) is 2. The first-order valence-corrected chi connectivity index (χ1v) is 13.3. The molecule has 2 aromatic carbocycles. The van der Waals surface area contributed by atoms with Crippen molar-refractivity contribution in [3.8, 4) is 0 Å². The molecule has 0 spiro atoms. The molecular weight excluding hydrogens is 547 g/mol. The van der Waals surface area contributed by atoms with Crippen LogP contribution in [0.15, 0.2) is 54.9 Å². The van der Waals surface area contributed by atoms with Crippen molar-refractivity contribution in [1.82, 2.24) is 20.3 Å². The third kappa shape index (κ3) is 8.01. The second kappa shape index (κ2) is 13.9. The summed E-state index contributed by atoms with van der Waals surface area (Å²) in [6, 6.07) is 15.2. The summed E-state index contributed by atoms with van der Waals surface area (Å²) < 4.78 is 14.4. The predicted molar refractivity (Wildman–Crippen MR) is 143 cm³/mol. The van der Waals surface area contributed by atoms with Crippen LogP contribution in [0.25, 0.3) is 0 Å². The Bertz CT molecular complexity index is 1250. The molecule has 2 amide bonds. The molecule has 1 saturated heterocycles. The van der Waals surface area contributed by atoms with Gasteiger partial charge >= 0.3 is 0 Å². The van der Waals surface area contributed by atoms with Gasteiger partial charge in [-0.25, -0.2) is 10.5 Å². The second-order valence-electron chi connectivity index (χ2n) is 9.24. The van der Waals surface area contributed by atoms with Crippen molar-refractivity contribution in [3.63, 3.8) is 0 Å². The zero-order valence-corrected chi connectivity index (χ0v) is 22.6. The van der Waals surface area contributed by atoms with Crippen LogP contribution in [-0.2, 0) is 38.8 Å². The Balaban J connectivity index is 1.42. The lowest BCUT2D eigenvalue weighted by atomic mass is 10.00. The summed E-state index contributed by atoms with van der Waals surface area (Å²) in [5.41, 5.74) is 5.04. The van der Waals surface area contributed by atoms with Crippen molar-refractivity contribution >= 4 is 35.0 Å². The third-order valence-electron chi connectivity index (χ3n) is 6.42. The Labute approximate surface area is 235 Å². The van der Waals surface area contributed by atoms with Crippen molar-refractivity contribution in [2.75, 3.05) is 0 Å². The van der Waals surface area contributed by atoms with Crippen LogP contribution in [0.3, 0.4) is 0 Å². The molecule has 3 atom stereocenters. The lowest BCUT2D eigenvalue weighted by Crippen LogP contribution is -2.32. The zero-order valence-electron chi connectivity index (χ0n) is 21.1. The molecule has 4 rings (SSSR count). The summed E-state index contributed by atoms with van der Waals surface area (Å²) >= 11 is 12.3. The number of rotatable bonds is 11. The van der Waals surface area contributed by atoms with Crippen LogP contribution < -0.4 is 10.8 Å². The molecule has 1 aliphatic rings. The highest BCUT2D eigenvalue weighted by atomic mass is 35.5. The fraction of sp³-hybridized carbons (Fsp3) is 0.370. The summed E-state index contributed by atoms with van der Waals surface area (Å²) in [4.78, 5) is 27.1. The minimum atomic E-state index is -0.648. The Hall–Kier alpha value is -2.99. The molecule has 12 heteroatoms. The minimum Gasteiger partial charge on any atom is -0.392 e. The van der Waals surface area contributed by atoms with E-state index in [2.05, 4.69) is 10.3 Å². The SMILES string of the molecule is O=C(CCCC(=O)NCc1ccc([C@@H]2O[C@H](Cn3cnc(Cl)c3Cl)C[C@H](c3ccc(CO)cc3)O2)cc1)NO. The summed E-state index contributed by atoms with van der Waals surface area (Å²) in [7, 11) is 0. The molecule has 4 N–H and O–H groups in total. The molecule has 1 aromatic heterocycles. The molecule has 3 aromatic rings. The Morgan fingerprint density at radius 2 is 1.64 bits per heavy atom. The number of aromatic nitrogens is 2. The van der Waals surface area contributed by atoms with E-state index in [4.69, 9.17) is 37.9 Å². The summed E-state index contributed by atoms with van der Waals surface area (Å²) in [5, 5.41) is 21.3. The van der Waals surface area contributed by atoms with Gasteiger partial charge in [-0.1, -0.05) is 71.7 Å². The second-order valence-corrected chi connectivity index (χ2v) is 9.95. The van der Waals surface area contributed by atoms with E-state index < -0.39 is 12.2 Å². The van der Waals surface area contributed by atoms with Gasteiger partial charge in [-0.2, -0.15) is 0 Å². The first-order valence-electron chi connectivity index (χ1n) is 12.5. The smallest absolute Gasteiger partial charge is 0.243 e. The van der Waals surface area contributed by atoms with E-state index in [1.165, 1.54) is 0 Å². The number of carbonyl (C=O) groups is 2. The Kier molecular flexibility index (Phi) is 10.3. The van der Waals surface area contributed by atoms with Gasteiger partial charge in [-0.05, 0) is 23.1 Å². The monoisotopic (exact) mass is 576 g/mol. The van der Waals surface area contributed by atoms with Gasteiger partial charge in [0.1, 0.15) is 5.15 Å². The van der Waals surface area contributed by atoms with Crippen molar-refractivity contribution in [2.24, 2.45) is 0 Å². The van der Waals surface area contributed by atoms with Gasteiger partial charge in [-0.3, -0.25) is 14.8 Å². The van der Waals surface area contributed by atoms with Crippen LogP contribution in [0.5, 0.6) is 0 Å². The van der Waals surface area contributed by atoms with E-state index in [1.54, 1.807) is 16.4 Å². The molecule has 208 valence electrons. The quantitative estimate of drug-likeness (QED) is 0.198. The van der Waals surface area contributed by atoms with Gasteiger partial charge in [-0.15, -0.1) is 0 Å². The van der Waals surface area contributed by atoms with Crippen molar-refractivity contribution < 1.29 is 29.4 Å². The van der Waals surface area contributed by atoms with E-state index in [0.717, 1.165) is 22.3 Å². The molecule has 0 bridgehead atoms. The number of aliphatic hydroxyl groups is 1. The lowest BCUT2D eigenvalue weighted by molar-refractivity contribution is -0.252. The van der Waals surface area contributed by atoms with Gasteiger partial charge in [0.15, 0.2) is 11.4 Å². The number of aliphatic hydroxyl groups excluding tert-OH is 1. The number of nitrogens with one attached hydrogen (secondary N) is 2. The number of hydroxylamine groups is 1. The van der Waals surface area contributed by atoms with E-state index >= 15 is 0 Å². The molecule has 0 aliphatic carbocycles. The largest absolute Gasteiger partial charge is 0.392 e. The van der Waals surface area contributed by atoms with Gasteiger partial charge in [0.2, 0.25) is 11.8 Å². The first-order chi connectivity index (χ1) is 18.9. The summed E-state index contributed by atoms with van der Waals surface area (Å²) in [6.45, 7) is 0.738. The van der Waals surface area contributed by atoms with Crippen LogP contribution >= 0.6 is 23.2 Å². The molecule has 1 aliphatic heterocycles. The maximum absolute atomic E-state index is 12.0. The molecule has 39 heavy (non-hydrogen) atoms. The van der Waals surface area contributed by atoms with Crippen LogP contribution in [0.2, 0.25) is 10.3 Å². The average molecular weight is 577 g/mol. The number of nitrogens with zero attached hydrogens (tertiary/aromatic N) is 2. The lowest BCUT2D eigenvalue weighted by Gasteiger charge is -2.36. The molecule has 0 unspecified atom stereocenters. The maximum atomic E-state index is 12.0. The van der Waals surface area contributed by atoms with Crippen molar-refractivity contribution in [1.29, 1.82) is 0 Å². The highest BCUT2D eigenvalue weighted by Crippen LogP contribution is 2.39. The summed E-state index contributed by atoms with van der Waals surface area (Å²) in [6.07, 6.45) is 1.60. The molecule has 0 saturated carbocycles. The number of carbonyl (C=O) groups excluding carboxylic acids is 2. The van der Waals surface area contributed by atoms with E-state index in [1.807, 2.05) is 48.5 Å².